The van der Waals surface area contributed by atoms with Gasteiger partial charge in [-0.25, -0.2) is 4.39 Å². The van der Waals surface area contributed by atoms with Crippen LogP contribution in [0.25, 0.3) is 0 Å². The molecule has 1 saturated heterocycles. The molecular formula is C14H17FN2O3. The van der Waals surface area contributed by atoms with Crippen LogP contribution < -0.4 is 10.2 Å². The van der Waals surface area contributed by atoms with E-state index in [4.69, 9.17) is 4.74 Å². The highest BCUT2D eigenvalue weighted by molar-refractivity contribution is 5.86. The van der Waals surface area contributed by atoms with Crippen LogP contribution in [0.3, 0.4) is 0 Å². The molecule has 0 radical (unpaired) electrons. The summed E-state index contributed by atoms with van der Waals surface area (Å²) in [6.07, 6.45) is 0.591. The zero-order valence-electron chi connectivity index (χ0n) is 11.3. The van der Waals surface area contributed by atoms with Crippen molar-refractivity contribution in [3.63, 3.8) is 0 Å². The molecule has 0 aromatic heterocycles. The highest BCUT2D eigenvalue weighted by atomic mass is 19.1. The fourth-order valence-corrected chi connectivity index (χ4v) is 2.25. The number of ether oxygens (including phenoxy) is 1. The maximum absolute atomic E-state index is 13.5. The van der Waals surface area contributed by atoms with Crippen molar-refractivity contribution in [1.82, 2.24) is 5.32 Å². The lowest BCUT2D eigenvalue weighted by Gasteiger charge is -2.36. The molecule has 6 heteroatoms. The first-order chi connectivity index (χ1) is 9.65. The fourth-order valence-electron chi connectivity index (χ4n) is 2.25. The van der Waals surface area contributed by atoms with E-state index in [1.165, 1.54) is 6.07 Å². The van der Waals surface area contributed by atoms with Crippen LogP contribution >= 0.6 is 0 Å². The molecule has 1 unspecified atom stereocenters. The van der Waals surface area contributed by atoms with E-state index in [1.807, 2.05) is 6.92 Å². The lowest BCUT2D eigenvalue weighted by atomic mass is 10.1. The van der Waals surface area contributed by atoms with Gasteiger partial charge in [0.25, 0.3) is 0 Å². The zero-order chi connectivity index (χ0) is 14.5. The molecule has 1 aromatic carbocycles. The Morgan fingerprint density at radius 3 is 3.05 bits per heavy atom. The Labute approximate surface area is 116 Å². The number of aldehydes is 1. The van der Waals surface area contributed by atoms with Crippen molar-refractivity contribution in [2.75, 3.05) is 31.2 Å². The number of halogens is 1. The van der Waals surface area contributed by atoms with E-state index in [2.05, 4.69) is 5.32 Å². The van der Waals surface area contributed by atoms with Gasteiger partial charge in [0, 0.05) is 24.3 Å². The largest absolute Gasteiger partial charge is 0.377 e. The maximum atomic E-state index is 13.5. The van der Waals surface area contributed by atoms with Crippen molar-refractivity contribution in [1.29, 1.82) is 0 Å². The van der Waals surface area contributed by atoms with Crippen molar-refractivity contribution >= 4 is 17.9 Å². The van der Waals surface area contributed by atoms with Crippen LogP contribution in [0.1, 0.15) is 17.3 Å². The van der Waals surface area contributed by atoms with E-state index in [0.29, 0.717) is 31.7 Å². The summed E-state index contributed by atoms with van der Waals surface area (Å²) >= 11 is 0. The fraction of sp³-hybridized carbons (Fsp3) is 0.429. The number of carbonyl (C=O) groups is 2. The summed E-state index contributed by atoms with van der Waals surface area (Å²) in [6, 6.07) is 3.56. The molecule has 1 heterocycles. The second-order valence-corrected chi connectivity index (χ2v) is 4.54. The Bertz CT molecular complexity index is 507. The number of morpholine rings is 1. The second kappa shape index (κ2) is 6.47. The van der Waals surface area contributed by atoms with E-state index >= 15 is 0 Å². The average Bonchev–Trinajstić information content (AvgIpc) is 2.46. The molecule has 1 aliphatic heterocycles. The summed E-state index contributed by atoms with van der Waals surface area (Å²) in [5, 5.41) is 2.73. The number of amides is 1. The SMILES string of the molecule is CCNC(=O)C1COCCN1c1cc(F)cc(C=O)c1. The van der Waals surface area contributed by atoms with E-state index in [-0.39, 0.29) is 18.1 Å². The van der Waals surface area contributed by atoms with E-state index in [0.717, 1.165) is 6.07 Å². The molecule has 0 saturated carbocycles. The topological polar surface area (TPSA) is 58.6 Å². The monoisotopic (exact) mass is 280 g/mol. The molecule has 5 nitrogen and oxygen atoms in total. The molecule has 108 valence electrons. The molecule has 1 N–H and O–H groups in total. The minimum Gasteiger partial charge on any atom is -0.377 e. The lowest BCUT2D eigenvalue weighted by Crippen LogP contribution is -2.54. The first-order valence-electron chi connectivity index (χ1n) is 6.53. The standard InChI is InChI=1S/C14H17FN2O3/c1-2-16-14(19)13-9-20-4-3-17(13)12-6-10(8-18)5-11(15)7-12/h5-8,13H,2-4,9H2,1H3,(H,16,19). The van der Waals surface area contributed by atoms with Crippen LogP contribution in [0.15, 0.2) is 18.2 Å². The van der Waals surface area contributed by atoms with Gasteiger partial charge in [0.15, 0.2) is 0 Å². The number of benzene rings is 1. The number of likely N-dealkylation sites (N-methyl/N-ethyl adjacent to an activating group) is 1. The van der Waals surface area contributed by atoms with Crippen LogP contribution in [-0.2, 0) is 9.53 Å². The van der Waals surface area contributed by atoms with Gasteiger partial charge in [0.1, 0.15) is 18.1 Å². The van der Waals surface area contributed by atoms with Crippen LogP contribution in [-0.4, -0.2) is 44.5 Å². The zero-order valence-corrected chi connectivity index (χ0v) is 11.3. The Morgan fingerprint density at radius 1 is 1.55 bits per heavy atom. The Morgan fingerprint density at radius 2 is 2.35 bits per heavy atom. The highest BCUT2D eigenvalue weighted by Gasteiger charge is 2.29. The van der Waals surface area contributed by atoms with Crippen LogP contribution in [0.4, 0.5) is 10.1 Å². The molecule has 1 amide bonds. The Kier molecular flexibility index (Phi) is 4.68. The van der Waals surface area contributed by atoms with Gasteiger partial charge in [-0.05, 0) is 25.1 Å². The number of carbonyl (C=O) groups excluding carboxylic acids is 2. The molecule has 1 atom stereocenters. The molecule has 2 rings (SSSR count). The summed E-state index contributed by atoms with van der Waals surface area (Å²) in [4.78, 5) is 24.6. The van der Waals surface area contributed by atoms with Gasteiger partial charge in [-0.3, -0.25) is 9.59 Å². The van der Waals surface area contributed by atoms with Crippen LogP contribution in [0.5, 0.6) is 0 Å². The van der Waals surface area contributed by atoms with E-state index in [9.17, 15) is 14.0 Å². The number of rotatable bonds is 4. The molecule has 1 aromatic rings. The number of nitrogens with zero attached hydrogens (tertiary/aromatic N) is 1. The van der Waals surface area contributed by atoms with Crippen molar-refractivity contribution in [2.45, 2.75) is 13.0 Å². The molecule has 0 bridgehead atoms. The minimum atomic E-state index is -0.509. The predicted octanol–water partition coefficient (Wildman–Crippen LogP) is 0.979. The molecule has 0 aliphatic carbocycles. The number of nitrogens with one attached hydrogen (secondary N) is 1. The van der Waals surface area contributed by atoms with Gasteiger partial charge < -0.3 is 15.0 Å². The predicted molar refractivity (Wildman–Crippen MR) is 72.4 cm³/mol. The van der Waals surface area contributed by atoms with Gasteiger partial charge in [-0.2, -0.15) is 0 Å². The molecule has 1 aliphatic rings. The Hall–Kier alpha value is -1.95. The maximum Gasteiger partial charge on any atom is 0.245 e. The van der Waals surface area contributed by atoms with Crippen molar-refractivity contribution in [3.05, 3.63) is 29.6 Å². The molecule has 1 fully saturated rings. The summed E-state index contributed by atoms with van der Waals surface area (Å²) < 4.78 is 18.9. The Balaban J connectivity index is 2.29. The van der Waals surface area contributed by atoms with Crippen molar-refractivity contribution in [3.8, 4) is 0 Å². The third-order valence-corrected chi connectivity index (χ3v) is 3.15. The van der Waals surface area contributed by atoms with Crippen LogP contribution in [0.2, 0.25) is 0 Å². The lowest BCUT2D eigenvalue weighted by molar-refractivity contribution is -0.124. The minimum absolute atomic E-state index is 0.163. The molecule has 0 spiro atoms. The van der Waals surface area contributed by atoms with Gasteiger partial charge in [0.2, 0.25) is 5.91 Å². The summed E-state index contributed by atoms with van der Waals surface area (Å²) in [5.74, 6) is -0.658. The van der Waals surface area contributed by atoms with Crippen molar-refractivity contribution in [2.24, 2.45) is 0 Å². The molecule has 20 heavy (non-hydrogen) atoms. The van der Waals surface area contributed by atoms with Gasteiger partial charge in [-0.1, -0.05) is 0 Å². The summed E-state index contributed by atoms with van der Waals surface area (Å²) in [7, 11) is 0. The highest BCUT2D eigenvalue weighted by Crippen LogP contribution is 2.22. The average molecular weight is 280 g/mol. The number of hydrogen-bond acceptors (Lipinski definition) is 4. The number of anilines is 1. The van der Waals surface area contributed by atoms with Crippen LogP contribution in [0, 0.1) is 5.82 Å². The first kappa shape index (κ1) is 14.5. The van der Waals surface area contributed by atoms with E-state index in [1.54, 1.807) is 11.0 Å². The first-order valence-corrected chi connectivity index (χ1v) is 6.53. The smallest absolute Gasteiger partial charge is 0.245 e. The normalized spacial score (nSPS) is 18.7. The molecular weight excluding hydrogens is 263 g/mol. The second-order valence-electron chi connectivity index (χ2n) is 4.54. The summed E-state index contributed by atoms with van der Waals surface area (Å²) in [6.45, 7) is 3.54. The third kappa shape index (κ3) is 3.14. The third-order valence-electron chi connectivity index (χ3n) is 3.15. The van der Waals surface area contributed by atoms with Gasteiger partial charge in [0.05, 0.1) is 13.2 Å². The summed E-state index contributed by atoms with van der Waals surface area (Å²) in [5.41, 5.74) is 0.771. The van der Waals surface area contributed by atoms with Gasteiger partial charge in [-0.15, -0.1) is 0 Å². The number of hydrogen-bond donors (Lipinski definition) is 1. The van der Waals surface area contributed by atoms with E-state index < -0.39 is 11.9 Å². The quantitative estimate of drug-likeness (QED) is 0.835. The van der Waals surface area contributed by atoms with Gasteiger partial charge >= 0.3 is 0 Å². The van der Waals surface area contributed by atoms with Crippen molar-refractivity contribution < 1.29 is 18.7 Å².